The Bertz CT molecular complexity index is 1770. The van der Waals surface area contributed by atoms with Gasteiger partial charge < -0.3 is 9.30 Å². The molecule has 38 heavy (non-hydrogen) atoms. The number of aryl methyl sites for hydroxylation is 1. The van der Waals surface area contributed by atoms with Crippen LogP contribution in [0, 0.1) is 0 Å². The molecule has 0 bridgehead atoms. The molecule has 0 aliphatic carbocycles. The summed E-state index contributed by atoms with van der Waals surface area (Å²) in [6, 6.07) is 12.2. The molecule has 3 heterocycles. The summed E-state index contributed by atoms with van der Waals surface area (Å²) in [5.41, 5.74) is -0.711. The Hall–Kier alpha value is -3.63. The highest BCUT2D eigenvalue weighted by Crippen LogP contribution is 2.38. The Balaban J connectivity index is 1.81. The quantitative estimate of drug-likeness (QED) is 0.324. The van der Waals surface area contributed by atoms with Crippen LogP contribution in [0.1, 0.15) is 31.0 Å². The molecule has 1 aliphatic heterocycles. The van der Waals surface area contributed by atoms with Gasteiger partial charge in [0.1, 0.15) is 0 Å². The normalized spacial score (nSPS) is 16.1. The van der Waals surface area contributed by atoms with Gasteiger partial charge in [-0.15, -0.1) is 0 Å². The van der Waals surface area contributed by atoms with Gasteiger partial charge in [0.2, 0.25) is 0 Å². The summed E-state index contributed by atoms with van der Waals surface area (Å²) in [6.07, 6.45) is -1.42. The number of nitrogens with zero attached hydrogens (tertiary/aromatic N) is 3. The summed E-state index contributed by atoms with van der Waals surface area (Å²) >= 11 is 6.85. The van der Waals surface area contributed by atoms with E-state index in [1.165, 1.54) is 31.2 Å². The summed E-state index contributed by atoms with van der Waals surface area (Å²) in [7, 11) is 0. The Morgan fingerprint density at radius 1 is 1.16 bits per heavy atom. The molecule has 0 amide bonds. The summed E-state index contributed by atoms with van der Waals surface area (Å²) in [4.78, 5) is 30.3. The fourth-order valence-corrected chi connectivity index (χ4v) is 5.71. The fourth-order valence-electron chi connectivity index (χ4n) is 4.59. The number of halogens is 4. The maximum atomic E-state index is 14.2. The average molecular weight is 560 g/mol. The number of carbonyl (C=O) groups excluding carboxylic acids is 1. The second-order valence-corrected chi connectivity index (χ2v) is 9.95. The molecule has 196 valence electrons. The topological polar surface area (TPSA) is 65.6 Å². The zero-order valence-electron chi connectivity index (χ0n) is 20.3. The van der Waals surface area contributed by atoms with E-state index in [0.717, 1.165) is 32.4 Å². The molecule has 1 aliphatic rings. The summed E-state index contributed by atoms with van der Waals surface area (Å²) in [6.45, 7) is 4.04. The van der Waals surface area contributed by atoms with Crippen molar-refractivity contribution in [2.45, 2.75) is 32.6 Å². The number of thiazole rings is 1. The molecular weight excluding hydrogens is 539 g/mol. The molecule has 1 atom stereocenters. The molecule has 0 saturated carbocycles. The molecule has 2 aromatic heterocycles. The van der Waals surface area contributed by atoms with E-state index >= 15 is 0 Å². The zero-order valence-corrected chi connectivity index (χ0v) is 21.8. The van der Waals surface area contributed by atoms with Gasteiger partial charge in [-0.1, -0.05) is 53.3 Å². The number of ether oxygens (including phenoxy) is 1. The minimum absolute atomic E-state index is 0.146. The van der Waals surface area contributed by atoms with Crippen molar-refractivity contribution in [3.8, 4) is 0 Å². The Morgan fingerprint density at radius 2 is 1.87 bits per heavy atom. The number of para-hydroxylation sites is 1. The average Bonchev–Trinajstić information content (AvgIpc) is 3.40. The van der Waals surface area contributed by atoms with Crippen molar-refractivity contribution in [3.05, 3.63) is 102 Å². The van der Waals surface area contributed by atoms with Gasteiger partial charge in [-0.25, -0.2) is 9.79 Å². The highest BCUT2D eigenvalue weighted by Gasteiger charge is 2.45. The lowest BCUT2D eigenvalue weighted by atomic mass is 9.95. The number of allylic oxidation sites excluding steroid dienone is 1. The first-order valence-electron chi connectivity index (χ1n) is 11.8. The van der Waals surface area contributed by atoms with Crippen molar-refractivity contribution >= 4 is 45.9 Å². The molecule has 0 spiro atoms. The SMILES string of the molecule is CCOC(=O)C1=C(C(F)(F)F)N=c2s/c(=C\c3cn(CC)c4ccccc34)c(=O)n2[C@@H]1c1ccc(Cl)cc1. The van der Waals surface area contributed by atoms with Crippen LogP contribution in [0.15, 0.2) is 75.8 Å². The van der Waals surface area contributed by atoms with Crippen LogP contribution in [-0.2, 0) is 16.1 Å². The van der Waals surface area contributed by atoms with E-state index in [-0.39, 0.29) is 21.5 Å². The number of fused-ring (bicyclic) bond motifs is 2. The Labute approximate surface area is 223 Å². The van der Waals surface area contributed by atoms with Crippen molar-refractivity contribution in [2.75, 3.05) is 6.61 Å². The molecular formula is C27H21ClF3N3O3S. The van der Waals surface area contributed by atoms with E-state index in [0.29, 0.717) is 11.6 Å². The number of hydrogen-bond acceptors (Lipinski definition) is 5. The number of hydrogen-bond donors (Lipinski definition) is 0. The van der Waals surface area contributed by atoms with Gasteiger partial charge >= 0.3 is 12.1 Å². The number of benzene rings is 2. The summed E-state index contributed by atoms with van der Waals surface area (Å²) in [5, 5.41) is 1.25. The zero-order chi connectivity index (χ0) is 27.2. The van der Waals surface area contributed by atoms with Crippen molar-refractivity contribution in [1.29, 1.82) is 0 Å². The second kappa shape index (κ2) is 9.92. The van der Waals surface area contributed by atoms with Crippen molar-refractivity contribution in [2.24, 2.45) is 4.99 Å². The Morgan fingerprint density at radius 3 is 2.53 bits per heavy atom. The smallest absolute Gasteiger partial charge is 0.434 e. The molecule has 4 aromatic rings. The highest BCUT2D eigenvalue weighted by atomic mass is 35.5. The van der Waals surface area contributed by atoms with Crippen molar-refractivity contribution in [3.63, 3.8) is 0 Å². The van der Waals surface area contributed by atoms with Crippen LogP contribution in [0.2, 0.25) is 5.02 Å². The van der Waals surface area contributed by atoms with E-state index in [2.05, 4.69) is 4.99 Å². The van der Waals surface area contributed by atoms with E-state index in [1.54, 1.807) is 6.08 Å². The monoisotopic (exact) mass is 559 g/mol. The third kappa shape index (κ3) is 4.48. The predicted molar refractivity (Wildman–Crippen MR) is 140 cm³/mol. The van der Waals surface area contributed by atoms with Gasteiger partial charge in [0, 0.05) is 34.2 Å². The minimum atomic E-state index is -4.96. The van der Waals surface area contributed by atoms with Crippen LogP contribution >= 0.6 is 22.9 Å². The van der Waals surface area contributed by atoms with Crippen LogP contribution in [0.5, 0.6) is 0 Å². The lowest BCUT2D eigenvalue weighted by Gasteiger charge is -2.26. The predicted octanol–water partition coefficient (Wildman–Crippen LogP) is 4.97. The number of rotatable bonds is 5. The van der Waals surface area contributed by atoms with Gasteiger partial charge in [0.15, 0.2) is 10.5 Å². The Kier molecular flexibility index (Phi) is 6.79. The van der Waals surface area contributed by atoms with Crippen LogP contribution in [-0.4, -0.2) is 27.9 Å². The maximum Gasteiger partial charge on any atom is 0.434 e. The third-order valence-corrected chi connectivity index (χ3v) is 7.46. The van der Waals surface area contributed by atoms with Crippen LogP contribution in [0.4, 0.5) is 13.2 Å². The van der Waals surface area contributed by atoms with E-state index in [4.69, 9.17) is 16.3 Å². The minimum Gasteiger partial charge on any atom is -0.463 e. The molecule has 0 unspecified atom stereocenters. The largest absolute Gasteiger partial charge is 0.463 e. The third-order valence-electron chi connectivity index (χ3n) is 6.23. The molecule has 2 aromatic carbocycles. The highest BCUT2D eigenvalue weighted by molar-refractivity contribution is 7.07. The fraction of sp³-hybridized carbons (Fsp3) is 0.222. The molecule has 0 radical (unpaired) electrons. The van der Waals surface area contributed by atoms with Crippen LogP contribution in [0.3, 0.4) is 0 Å². The number of aromatic nitrogens is 2. The first kappa shape index (κ1) is 26.0. The van der Waals surface area contributed by atoms with Gasteiger partial charge in [-0.3, -0.25) is 9.36 Å². The summed E-state index contributed by atoms with van der Waals surface area (Å²) in [5.74, 6) is -1.19. The van der Waals surface area contributed by atoms with Crippen molar-refractivity contribution < 1.29 is 22.7 Å². The molecule has 0 saturated heterocycles. The van der Waals surface area contributed by atoms with E-state index in [9.17, 15) is 22.8 Å². The van der Waals surface area contributed by atoms with E-state index < -0.39 is 35.0 Å². The van der Waals surface area contributed by atoms with Gasteiger partial charge in [-0.05, 0) is 43.7 Å². The van der Waals surface area contributed by atoms with Crippen LogP contribution in [0.25, 0.3) is 17.0 Å². The molecule has 5 rings (SSSR count). The second-order valence-electron chi connectivity index (χ2n) is 8.50. The van der Waals surface area contributed by atoms with Gasteiger partial charge in [0.25, 0.3) is 5.56 Å². The lowest BCUT2D eigenvalue weighted by molar-refractivity contribution is -0.140. The van der Waals surface area contributed by atoms with Crippen molar-refractivity contribution in [1.82, 2.24) is 9.13 Å². The number of carbonyl (C=O) groups is 1. The molecule has 11 heteroatoms. The van der Waals surface area contributed by atoms with Gasteiger partial charge in [-0.2, -0.15) is 13.2 Å². The summed E-state index contributed by atoms with van der Waals surface area (Å²) < 4.78 is 51.0. The van der Waals surface area contributed by atoms with Crippen LogP contribution < -0.4 is 14.9 Å². The van der Waals surface area contributed by atoms with E-state index in [1.807, 2.05) is 42.0 Å². The molecule has 0 fully saturated rings. The maximum absolute atomic E-state index is 14.2. The number of alkyl halides is 3. The van der Waals surface area contributed by atoms with Gasteiger partial charge in [0.05, 0.1) is 22.8 Å². The molecule has 0 N–H and O–H groups in total. The standard InChI is InChI=1S/C27H21ClF3N3O3S/c1-3-33-14-16(18-7-5-6-8-19(18)33)13-20-24(35)34-22(15-9-11-17(28)12-10-15)21(25(36)37-4-2)23(27(29,30)31)32-26(34)38-20/h5-14,22H,3-4H2,1-2H3/b20-13-/t22-/m1/s1. The number of esters is 1. The molecule has 6 nitrogen and oxygen atoms in total. The first-order chi connectivity index (χ1) is 18.1. The lowest BCUT2D eigenvalue weighted by Crippen LogP contribution is -2.41. The first-order valence-corrected chi connectivity index (χ1v) is 13.0.